The summed E-state index contributed by atoms with van der Waals surface area (Å²) in [4.78, 5) is 6.81. The summed E-state index contributed by atoms with van der Waals surface area (Å²) in [5.74, 6) is 1.93. The van der Waals surface area contributed by atoms with E-state index in [-0.39, 0.29) is 0 Å². The summed E-state index contributed by atoms with van der Waals surface area (Å²) in [7, 11) is 2.23. The third-order valence-electron chi connectivity index (χ3n) is 3.88. The molecule has 0 bridgehead atoms. The molecule has 1 aliphatic rings. The van der Waals surface area contributed by atoms with Crippen LogP contribution in [-0.2, 0) is 6.54 Å². The average molecular weight is 261 g/mol. The van der Waals surface area contributed by atoms with Gasteiger partial charge in [-0.2, -0.15) is 0 Å². The van der Waals surface area contributed by atoms with Crippen LogP contribution in [0.5, 0.6) is 0 Å². The molecule has 1 N–H and O–H groups in total. The SMILES string of the molecule is CCCNc1cc(CN(C)CC2CCCC2)ccn1. The van der Waals surface area contributed by atoms with E-state index in [0.717, 1.165) is 31.2 Å². The second-order valence-electron chi connectivity index (χ2n) is 5.82. The topological polar surface area (TPSA) is 28.2 Å². The fourth-order valence-corrected chi connectivity index (χ4v) is 2.93. The molecule has 0 unspecified atom stereocenters. The fourth-order valence-electron chi connectivity index (χ4n) is 2.93. The minimum absolute atomic E-state index is 0.921. The van der Waals surface area contributed by atoms with Gasteiger partial charge in [0.15, 0.2) is 0 Å². The number of nitrogens with zero attached hydrogens (tertiary/aromatic N) is 2. The zero-order valence-corrected chi connectivity index (χ0v) is 12.4. The fraction of sp³-hybridized carbons (Fsp3) is 0.688. The summed E-state index contributed by atoms with van der Waals surface area (Å²) in [5.41, 5.74) is 1.36. The van der Waals surface area contributed by atoms with Crippen LogP contribution in [0, 0.1) is 5.92 Å². The van der Waals surface area contributed by atoms with Gasteiger partial charge in [0, 0.05) is 25.8 Å². The molecule has 0 aromatic carbocycles. The van der Waals surface area contributed by atoms with Crippen LogP contribution in [0.4, 0.5) is 5.82 Å². The number of hydrogen-bond acceptors (Lipinski definition) is 3. The molecule has 106 valence electrons. The molecule has 19 heavy (non-hydrogen) atoms. The highest BCUT2D eigenvalue weighted by Crippen LogP contribution is 2.25. The zero-order chi connectivity index (χ0) is 13.5. The van der Waals surface area contributed by atoms with Gasteiger partial charge in [-0.15, -0.1) is 0 Å². The van der Waals surface area contributed by atoms with Crippen LogP contribution >= 0.6 is 0 Å². The van der Waals surface area contributed by atoms with Crippen molar-refractivity contribution in [3.63, 3.8) is 0 Å². The van der Waals surface area contributed by atoms with Gasteiger partial charge in [-0.3, -0.25) is 0 Å². The van der Waals surface area contributed by atoms with Crippen LogP contribution in [-0.4, -0.2) is 30.0 Å². The number of anilines is 1. The minimum Gasteiger partial charge on any atom is -0.370 e. The van der Waals surface area contributed by atoms with Gasteiger partial charge in [0.25, 0.3) is 0 Å². The third-order valence-corrected chi connectivity index (χ3v) is 3.88. The Bertz CT molecular complexity index is 372. The highest BCUT2D eigenvalue weighted by atomic mass is 15.1. The van der Waals surface area contributed by atoms with Gasteiger partial charge >= 0.3 is 0 Å². The smallest absolute Gasteiger partial charge is 0.126 e. The van der Waals surface area contributed by atoms with E-state index in [1.807, 2.05) is 6.20 Å². The molecule has 1 saturated carbocycles. The monoisotopic (exact) mass is 261 g/mol. The maximum atomic E-state index is 4.36. The van der Waals surface area contributed by atoms with Gasteiger partial charge in [0.1, 0.15) is 5.82 Å². The van der Waals surface area contributed by atoms with Gasteiger partial charge in [0.05, 0.1) is 0 Å². The van der Waals surface area contributed by atoms with Crippen LogP contribution < -0.4 is 5.32 Å². The third kappa shape index (κ3) is 4.83. The van der Waals surface area contributed by atoms with E-state index in [1.54, 1.807) is 0 Å². The van der Waals surface area contributed by atoms with Gasteiger partial charge in [-0.1, -0.05) is 19.8 Å². The summed E-state index contributed by atoms with van der Waals surface area (Å²) in [6.45, 7) is 5.43. The lowest BCUT2D eigenvalue weighted by Gasteiger charge is -2.21. The van der Waals surface area contributed by atoms with Crippen molar-refractivity contribution in [2.24, 2.45) is 5.92 Å². The van der Waals surface area contributed by atoms with E-state index < -0.39 is 0 Å². The van der Waals surface area contributed by atoms with E-state index >= 15 is 0 Å². The molecule has 1 aromatic heterocycles. The molecule has 1 aliphatic carbocycles. The molecular formula is C16H27N3. The Hall–Kier alpha value is -1.09. The van der Waals surface area contributed by atoms with Crippen molar-refractivity contribution in [2.75, 3.05) is 25.5 Å². The molecule has 3 nitrogen and oxygen atoms in total. The van der Waals surface area contributed by atoms with Crippen molar-refractivity contribution in [1.29, 1.82) is 0 Å². The molecule has 3 heteroatoms. The Kier molecular flexibility index (Phi) is 5.64. The van der Waals surface area contributed by atoms with Gasteiger partial charge in [0.2, 0.25) is 0 Å². The second kappa shape index (κ2) is 7.49. The van der Waals surface area contributed by atoms with Crippen LogP contribution in [0.15, 0.2) is 18.3 Å². The molecule has 1 heterocycles. The summed E-state index contributed by atoms with van der Waals surface area (Å²) in [6.07, 6.45) is 8.75. The number of hydrogen-bond donors (Lipinski definition) is 1. The predicted octanol–water partition coefficient (Wildman–Crippen LogP) is 3.53. The van der Waals surface area contributed by atoms with Crippen LogP contribution in [0.2, 0.25) is 0 Å². The van der Waals surface area contributed by atoms with Crippen molar-refractivity contribution in [3.05, 3.63) is 23.9 Å². The second-order valence-corrected chi connectivity index (χ2v) is 5.82. The molecule has 1 aromatic rings. The lowest BCUT2D eigenvalue weighted by molar-refractivity contribution is 0.271. The summed E-state index contributed by atoms with van der Waals surface area (Å²) in [5, 5.41) is 3.35. The largest absolute Gasteiger partial charge is 0.370 e. The van der Waals surface area contributed by atoms with E-state index in [9.17, 15) is 0 Å². The maximum absolute atomic E-state index is 4.36. The maximum Gasteiger partial charge on any atom is 0.126 e. The normalized spacial score (nSPS) is 16.2. The molecule has 1 fully saturated rings. The Labute approximate surface area is 117 Å². The van der Waals surface area contributed by atoms with E-state index in [0.29, 0.717) is 0 Å². The van der Waals surface area contributed by atoms with Crippen LogP contribution in [0.25, 0.3) is 0 Å². The molecular weight excluding hydrogens is 234 g/mol. The highest BCUT2D eigenvalue weighted by molar-refractivity contribution is 5.37. The first-order chi connectivity index (χ1) is 9.28. The van der Waals surface area contributed by atoms with Crippen molar-refractivity contribution in [2.45, 2.75) is 45.6 Å². The summed E-state index contributed by atoms with van der Waals surface area (Å²) in [6, 6.07) is 4.31. The Balaban J connectivity index is 1.83. The summed E-state index contributed by atoms with van der Waals surface area (Å²) < 4.78 is 0. The summed E-state index contributed by atoms with van der Waals surface area (Å²) >= 11 is 0. The zero-order valence-electron chi connectivity index (χ0n) is 12.4. The molecule has 0 amide bonds. The highest BCUT2D eigenvalue weighted by Gasteiger charge is 2.16. The molecule has 0 spiro atoms. The lowest BCUT2D eigenvalue weighted by atomic mass is 10.1. The number of pyridine rings is 1. The number of rotatable bonds is 7. The number of aromatic nitrogens is 1. The molecule has 2 rings (SSSR count). The van der Waals surface area contributed by atoms with Crippen molar-refractivity contribution >= 4 is 5.82 Å². The van der Waals surface area contributed by atoms with Gasteiger partial charge in [-0.05, 0) is 49.9 Å². The van der Waals surface area contributed by atoms with Crippen LogP contribution in [0.1, 0.15) is 44.6 Å². The number of nitrogens with one attached hydrogen (secondary N) is 1. The molecule has 0 saturated heterocycles. The van der Waals surface area contributed by atoms with Gasteiger partial charge in [-0.25, -0.2) is 4.98 Å². The Morgan fingerprint density at radius 1 is 1.37 bits per heavy atom. The molecule has 0 aliphatic heterocycles. The van der Waals surface area contributed by atoms with Crippen molar-refractivity contribution in [3.8, 4) is 0 Å². The molecule has 0 radical (unpaired) electrons. The van der Waals surface area contributed by atoms with Crippen molar-refractivity contribution in [1.82, 2.24) is 9.88 Å². The standard InChI is InChI=1S/C16H27N3/c1-3-9-17-16-11-15(8-10-18-16)13-19(2)12-14-6-4-5-7-14/h8,10-11,14H,3-7,9,12-13H2,1-2H3,(H,17,18). The quantitative estimate of drug-likeness (QED) is 0.814. The first-order valence-corrected chi connectivity index (χ1v) is 7.65. The Morgan fingerprint density at radius 3 is 2.89 bits per heavy atom. The molecule has 0 atom stereocenters. The van der Waals surface area contributed by atoms with E-state index in [4.69, 9.17) is 0 Å². The first kappa shape index (κ1) is 14.3. The Morgan fingerprint density at radius 2 is 2.16 bits per heavy atom. The first-order valence-electron chi connectivity index (χ1n) is 7.65. The lowest BCUT2D eigenvalue weighted by Crippen LogP contribution is -2.24. The van der Waals surface area contributed by atoms with Crippen molar-refractivity contribution < 1.29 is 0 Å². The minimum atomic E-state index is 0.921. The van der Waals surface area contributed by atoms with E-state index in [1.165, 1.54) is 37.8 Å². The van der Waals surface area contributed by atoms with Crippen LogP contribution in [0.3, 0.4) is 0 Å². The average Bonchev–Trinajstić information content (AvgIpc) is 2.89. The predicted molar refractivity (Wildman–Crippen MR) is 81.3 cm³/mol. The van der Waals surface area contributed by atoms with Gasteiger partial charge < -0.3 is 10.2 Å². The van der Waals surface area contributed by atoms with E-state index in [2.05, 4.69) is 41.3 Å².